The van der Waals surface area contributed by atoms with Crippen LogP contribution in [0.3, 0.4) is 0 Å². The van der Waals surface area contributed by atoms with E-state index in [0.29, 0.717) is 15.6 Å². The number of carbonyl (C=O) groups excluding carboxylic acids is 1. The molecular weight excluding hydrogens is 410 g/mol. The van der Waals surface area contributed by atoms with Gasteiger partial charge in [0.05, 0.1) is 17.8 Å². The molecule has 2 aliphatic rings. The van der Waals surface area contributed by atoms with Gasteiger partial charge in [-0.25, -0.2) is 4.98 Å². The van der Waals surface area contributed by atoms with Crippen LogP contribution in [0, 0.1) is 11.3 Å². The van der Waals surface area contributed by atoms with Gasteiger partial charge in [-0.2, -0.15) is 5.26 Å². The number of ether oxygens (including phenoxy) is 1. The van der Waals surface area contributed by atoms with E-state index in [1.807, 2.05) is 24.3 Å². The first-order valence-corrected chi connectivity index (χ1v) is 11.7. The minimum absolute atomic E-state index is 0.0544. The molecule has 2 aliphatic heterocycles. The molecule has 0 bridgehead atoms. The van der Waals surface area contributed by atoms with Gasteiger partial charge in [-0.3, -0.25) is 9.69 Å². The number of aromatic nitrogens is 1. The molecule has 3 heterocycles. The summed E-state index contributed by atoms with van der Waals surface area (Å²) in [5, 5.41) is 12.7. The first-order valence-electron chi connectivity index (χ1n) is 10.9. The fourth-order valence-electron chi connectivity index (χ4n) is 4.10. The van der Waals surface area contributed by atoms with Gasteiger partial charge in [0.1, 0.15) is 11.0 Å². The molecule has 2 saturated heterocycles. The SMILES string of the molecule is CN1CCC(Oc2ncc(C(=O)NC3CCN(Cc4ccc(C#N)cc4)CC3)s2)CC1. The molecule has 8 heteroatoms. The summed E-state index contributed by atoms with van der Waals surface area (Å²) in [5.41, 5.74) is 1.90. The summed E-state index contributed by atoms with van der Waals surface area (Å²) in [6.45, 7) is 4.83. The maximum Gasteiger partial charge on any atom is 0.274 e. The Morgan fingerprint density at radius 3 is 2.58 bits per heavy atom. The van der Waals surface area contributed by atoms with E-state index in [0.717, 1.165) is 58.4 Å². The fourth-order valence-corrected chi connectivity index (χ4v) is 4.83. The van der Waals surface area contributed by atoms with Gasteiger partial charge in [0, 0.05) is 38.8 Å². The van der Waals surface area contributed by atoms with Gasteiger partial charge in [0.25, 0.3) is 11.1 Å². The van der Waals surface area contributed by atoms with Crippen LogP contribution >= 0.6 is 11.3 Å². The van der Waals surface area contributed by atoms with Crippen LogP contribution in [0.15, 0.2) is 30.5 Å². The molecule has 2 fully saturated rings. The molecule has 164 valence electrons. The molecule has 4 rings (SSSR count). The number of hydrogen-bond acceptors (Lipinski definition) is 7. The Morgan fingerprint density at radius 2 is 1.90 bits per heavy atom. The van der Waals surface area contributed by atoms with Crippen molar-refractivity contribution in [2.24, 2.45) is 0 Å². The van der Waals surface area contributed by atoms with Crippen molar-refractivity contribution in [3.05, 3.63) is 46.5 Å². The zero-order valence-corrected chi connectivity index (χ0v) is 18.7. The Bertz CT molecular complexity index is 907. The van der Waals surface area contributed by atoms with E-state index < -0.39 is 0 Å². The third-order valence-corrected chi connectivity index (χ3v) is 6.94. The second-order valence-corrected chi connectivity index (χ2v) is 9.44. The zero-order chi connectivity index (χ0) is 21.6. The van der Waals surface area contributed by atoms with Crippen LogP contribution in [-0.2, 0) is 6.54 Å². The first kappa shape index (κ1) is 21.8. The summed E-state index contributed by atoms with van der Waals surface area (Å²) in [4.78, 5) is 22.3. The van der Waals surface area contributed by atoms with Crippen LogP contribution in [-0.4, -0.2) is 66.1 Å². The zero-order valence-electron chi connectivity index (χ0n) is 17.9. The molecule has 1 aromatic carbocycles. The van der Waals surface area contributed by atoms with Crippen LogP contribution in [0.5, 0.6) is 5.19 Å². The lowest BCUT2D eigenvalue weighted by Gasteiger charge is -2.32. The topological polar surface area (TPSA) is 81.5 Å². The normalized spacial score (nSPS) is 19.1. The molecule has 1 amide bonds. The number of benzene rings is 1. The van der Waals surface area contributed by atoms with E-state index in [2.05, 4.69) is 33.2 Å². The molecular formula is C23H29N5O2S. The van der Waals surface area contributed by atoms with Crippen molar-refractivity contribution in [2.75, 3.05) is 33.2 Å². The number of nitrogens with one attached hydrogen (secondary N) is 1. The number of hydrogen-bond donors (Lipinski definition) is 1. The molecule has 7 nitrogen and oxygen atoms in total. The minimum atomic E-state index is -0.0544. The lowest BCUT2D eigenvalue weighted by molar-refractivity contribution is 0.0912. The highest BCUT2D eigenvalue weighted by molar-refractivity contribution is 7.15. The van der Waals surface area contributed by atoms with Crippen molar-refractivity contribution < 1.29 is 9.53 Å². The number of amides is 1. The van der Waals surface area contributed by atoms with Crippen LogP contribution in [0.2, 0.25) is 0 Å². The van der Waals surface area contributed by atoms with E-state index >= 15 is 0 Å². The number of piperidine rings is 2. The highest BCUT2D eigenvalue weighted by atomic mass is 32.1. The third kappa shape index (κ3) is 6.03. The summed E-state index contributed by atoms with van der Waals surface area (Å²) >= 11 is 1.34. The first-order chi connectivity index (χ1) is 15.1. The third-order valence-electron chi connectivity index (χ3n) is 6.05. The number of thiazole rings is 1. The Labute approximate surface area is 187 Å². The van der Waals surface area contributed by atoms with Gasteiger partial charge >= 0.3 is 0 Å². The van der Waals surface area contributed by atoms with Crippen LogP contribution in [0.25, 0.3) is 0 Å². The lowest BCUT2D eigenvalue weighted by atomic mass is 10.0. The fraction of sp³-hybridized carbons (Fsp3) is 0.522. The van der Waals surface area contributed by atoms with Gasteiger partial charge in [0.15, 0.2) is 0 Å². The van der Waals surface area contributed by atoms with Crippen molar-refractivity contribution in [2.45, 2.75) is 44.4 Å². The van der Waals surface area contributed by atoms with E-state index in [4.69, 9.17) is 10.00 Å². The standard InChI is InChI=1S/C23H29N5O2S/c1-27-10-8-20(9-11-27)30-23-25-15-21(31-23)22(29)26-19-6-12-28(13-7-19)16-18-4-2-17(14-24)3-5-18/h2-5,15,19-20H,6-13,16H2,1H3,(H,26,29). The second kappa shape index (κ2) is 10.2. The Hall–Kier alpha value is -2.47. The van der Waals surface area contributed by atoms with Crippen molar-refractivity contribution in [1.82, 2.24) is 20.1 Å². The van der Waals surface area contributed by atoms with E-state index in [9.17, 15) is 4.79 Å². The summed E-state index contributed by atoms with van der Waals surface area (Å²) < 4.78 is 5.99. The average Bonchev–Trinajstić information content (AvgIpc) is 3.26. The molecule has 1 N–H and O–H groups in total. The summed E-state index contributed by atoms with van der Waals surface area (Å²) in [5.74, 6) is -0.0544. The molecule has 0 aliphatic carbocycles. The predicted molar refractivity (Wildman–Crippen MR) is 120 cm³/mol. The van der Waals surface area contributed by atoms with Crippen molar-refractivity contribution in [3.63, 3.8) is 0 Å². The molecule has 0 spiro atoms. The number of nitrogens with zero attached hydrogens (tertiary/aromatic N) is 4. The molecule has 0 atom stereocenters. The molecule has 1 aromatic heterocycles. The Balaban J connectivity index is 1.21. The van der Waals surface area contributed by atoms with E-state index in [1.165, 1.54) is 16.9 Å². The maximum absolute atomic E-state index is 12.7. The second-order valence-electron chi connectivity index (χ2n) is 8.44. The highest BCUT2D eigenvalue weighted by Gasteiger charge is 2.23. The Morgan fingerprint density at radius 1 is 1.19 bits per heavy atom. The van der Waals surface area contributed by atoms with Crippen LogP contribution in [0.4, 0.5) is 0 Å². The van der Waals surface area contributed by atoms with Gasteiger partial charge in [-0.05, 0) is 50.4 Å². The molecule has 0 radical (unpaired) electrons. The number of carbonyl (C=O) groups is 1. The number of rotatable bonds is 6. The van der Waals surface area contributed by atoms with Gasteiger partial charge in [0.2, 0.25) is 0 Å². The smallest absolute Gasteiger partial charge is 0.274 e. The predicted octanol–water partition coefficient (Wildman–Crippen LogP) is 2.88. The summed E-state index contributed by atoms with van der Waals surface area (Å²) in [6, 6.07) is 10.1. The van der Waals surface area contributed by atoms with Gasteiger partial charge in [-0.15, -0.1) is 0 Å². The molecule has 0 saturated carbocycles. The van der Waals surface area contributed by atoms with Gasteiger partial charge in [-0.1, -0.05) is 23.5 Å². The molecule has 31 heavy (non-hydrogen) atoms. The Kier molecular flexibility index (Phi) is 7.17. The molecule has 2 aromatic rings. The molecule has 0 unspecified atom stereocenters. The van der Waals surface area contributed by atoms with E-state index in [-0.39, 0.29) is 18.1 Å². The largest absolute Gasteiger partial charge is 0.467 e. The monoisotopic (exact) mass is 439 g/mol. The van der Waals surface area contributed by atoms with Crippen LogP contribution in [0.1, 0.15) is 46.5 Å². The maximum atomic E-state index is 12.7. The highest BCUT2D eigenvalue weighted by Crippen LogP contribution is 2.25. The summed E-state index contributed by atoms with van der Waals surface area (Å²) in [6.07, 6.45) is 5.68. The van der Waals surface area contributed by atoms with Crippen molar-refractivity contribution in [3.8, 4) is 11.3 Å². The number of likely N-dealkylation sites (tertiary alicyclic amines) is 2. The summed E-state index contributed by atoms with van der Waals surface area (Å²) in [7, 11) is 2.12. The van der Waals surface area contributed by atoms with Gasteiger partial charge < -0.3 is 15.0 Å². The quantitative estimate of drug-likeness (QED) is 0.745. The van der Waals surface area contributed by atoms with Crippen LogP contribution < -0.4 is 10.1 Å². The minimum Gasteiger partial charge on any atom is -0.467 e. The van der Waals surface area contributed by atoms with Crippen molar-refractivity contribution in [1.29, 1.82) is 5.26 Å². The average molecular weight is 440 g/mol. The van der Waals surface area contributed by atoms with E-state index in [1.54, 1.807) is 6.20 Å². The lowest BCUT2D eigenvalue weighted by Crippen LogP contribution is -2.44. The number of nitriles is 1. The van der Waals surface area contributed by atoms with Crippen molar-refractivity contribution >= 4 is 17.2 Å².